The van der Waals surface area contributed by atoms with E-state index in [0.717, 1.165) is 41.7 Å². The van der Waals surface area contributed by atoms with E-state index in [1.807, 2.05) is 12.3 Å². The van der Waals surface area contributed by atoms with Crippen molar-refractivity contribution in [2.75, 3.05) is 18.5 Å². The average molecular weight is 342 g/mol. The van der Waals surface area contributed by atoms with Crippen LogP contribution in [0.4, 0.5) is 5.69 Å². The summed E-state index contributed by atoms with van der Waals surface area (Å²) < 4.78 is 26.2. The van der Waals surface area contributed by atoms with Crippen LogP contribution in [0.3, 0.4) is 0 Å². The van der Waals surface area contributed by atoms with Crippen molar-refractivity contribution in [1.29, 1.82) is 0 Å². The molecule has 0 spiro atoms. The molecule has 2 heterocycles. The number of nitrogens with zero attached hydrogens (tertiary/aromatic N) is 2. The van der Waals surface area contributed by atoms with E-state index in [9.17, 15) is 8.42 Å². The van der Waals surface area contributed by atoms with Gasteiger partial charge in [-0.15, -0.1) is 0 Å². The fourth-order valence-electron chi connectivity index (χ4n) is 3.20. The molecule has 124 valence electrons. The Morgan fingerprint density at radius 3 is 2.96 bits per heavy atom. The number of rotatable bonds is 4. The largest absolute Gasteiger partial charge is 0.367 e. The monoisotopic (exact) mass is 342 g/mol. The highest BCUT2D eigenvalue weighted by Crippen LogP contribution is 2.31. The number of sulfonamides is 1. The summed E-state index contributed by atoms with van der Waals surface area (Å²) in [5, 5.41) is 8.14. The fourth-order valence-corrected chi connectivity index (χ4v) is 3.98. The molecule has 1 aromatic heterocycles. The molecule has 0 unspecified atom stereocenters. The van der Waals surface area contributed by atoms with Crippen LogP contribution in [0.15, 0.2) is 47.5 Å². The number of hydrogen-bond acceptors (Lipinski definition) is 4. The summed E-state index contributed by atoms with van der Waals surface area (Å²) in [6, 6.07) is 11.6. The summed E-state index contributed by atoms with van der Waals surface area (Å²) in [7, 11) is -1.96. The van der Waals surface area contributed by atoms with Crippen LogP contribution in [0.5, 0.6) is 0 Å². The normalized spacial score (nSPS) is 14.3. The van der Waals surface area contributed by atoms with E-state index >= 15 is 0 Å². The van der Waals surface area contributed by atoms with Crippen LogP contribution in [-0.2, 0) is 23.0 Å². The van der Waals surface area contributed by atoms with Crippen LogP contribution < -0.4 is 9.62 Å². The van der Waals surface area contributed by atoms with E-state index < -0.39 is 10.0 Å². The van der Waals surface area contributed by atoms with Crippen molar-refractivity contribution < 1.29 is 8.42 Å². The van der Waals surface area contributed by atoms with Gasteiger partial charge < -0.3 is 4.90 Å². The first-order valence-corrected chi connectivity index (χ1v) is 9.28. The first kappa shape index (κ1) is 15.2. The molecule has 0 saturated heterocycles. The van der Waals surface area contributed by atoms with Gasteiger partial charge in [0.25, 0.3) is 0 Å². The van der Waals surface area contributed by atoms with Crippen LogP contribution in [0.25, 0.3) is 10.9 Å². The SMILES string of the molecule is CNS(=O)(=O)c1ccc2c(c1)CCN2Cc1ccc2cn[nH]c2c1. The summed E-state index contributed by atoms with van der Waals surface area (Å²) in [6.45, 7) is 1.68. The van der Waals surface area contributed by atoms with E-state index in [2.05, 4.69) is 38.0 Å². The number of fused-ring (bicyclic) bond motifs is 2. The van der Waals surface area contributed by atoms with Gasteiger partial charge in [-0.2, -0.15) is 5.10 Å². The Hall–Kier alpha value is -2.38. The van der Waals surface area contributed by atoms with E-state index in [-0.39, 0.29) is 0 Å². The summed E-state index contributed by atoms with van der Waals surface area (Å²) in [4.78, 5) is 2.60. The summed E-state index contributed by atoms with van der Waals surface area (Å²) in [5.74, 6) is 0. The van der Waals surface area contributed by atoms with Crippen molar-refractivity contribution in [3.8, 4) is 0 Å². The third kappa shape index (κ3) is 2.55. The highest BCUT2D eigenvalue weighted by molar-refractivity contribution is 7.89. The zero-order valence-corrected chi connectivity index (χ0v) is 14.1. The lowest BCUT2D eigenvalue weighted by molar-refractivity contribution is 0.588. The molecule has 0 bridgehead atoms. The molecule has 2 N–H and O–H groups in total. The molecule has 0 fully saturated rings. The van der Waals surface area contributed by atoms with Gasteiger partial charge in [-0.05, 0) is 48.9 Å². The molecule has 24 heavy (non-hydrogen) atoms. The maximum atomic E-state index is 11.9. The molecule has 6 nitrogen and oxygen atoms in total. The summed E-state index contributed by atoms with van der Waals surface area (Å²) >= 11 is 0. The molecule has 0 aliphatic carbocycles. The van der Waals surface area contributed by atoms with Crippen LogP contribution in [-0.4, -0.2) is 32.2 Å². The van der Waals surface area contributed by atoms with Crippen LogP contribution >= 0.6 is 0 Å². The third-order valence-corrected chi connectivity index (χ3v) is 5.91. The van der Waals surface area contributed by atoms with Gasteiger partial charge >= 0.3 is 0 Å². The molecule has 3 aromatic rings. The molecule has 7 heteroatoms. The lowest BCUT2D eigenvalue weighted by atomic mass is 10.1. The van der Waals surface area contributed by atoms with Crippen LogP contribution in [0.1, 0.15) is 11.1 Å². The molecular formula is C17H18N4O2S. The first-order chi connectivity index (χ1) is 11.6. The zero-order valence-electron chi connectivity index (χ0n) is 13.3. The third-order valence-electron chi connectivity index (χ3n) is 4.50. The van der Waals surface area contributed by atoms with Gasteiger partial charge in [-0.1, -0.05) is 12.1 Å². The molecule has 4 rings (SSSR count). The fraction of sp³-hybridized carbons (Fsp3) is 0.235. The smallest absolute Gasteiger partial charge is 0.240 e. The Morgan fingerprint density at radius 1 is 1.25 bits per heavy atom. The minimum Gasteiger partial charge on any atom is -0.367 e. The van der Waals surface area contributed by atoms with E-state index in [1.165, 1.54) is 12.6 Å². The number of nitrogens with one attached hydrogen (secondary N) is 2. The number of H-pyrrole nitrogens is 1. The Morgan fingerprint density at radius 2 is 2.12 bits per heavy atom. The maximum absolute atomic E-state index is 11.9. The summed E-state index contributed by atoms with van der Waals surface area (Å²) in [6.07, 6.45) is 2.67. The molecule has 0 amide bonds. The second-order valence-corrected chi connectivity index (χ2v) is 7.85. The van der Waals surface area contributed by atoms with Crippen molar-refractivity contribution in [2.45, 2.75) is 17.9 Å². The van der Waals surface area contributed by atoms with Gasteiger partial charge in [0.15, 0.2) is 0 Å². The predicted octanol–water partition coefficient (Wildman–Crippen LogP) is 2.03. The molecule has 0 saturated carbocycles. The number of aromatic nitrogens is 2. The number of hydrogen-bond donors (Lipinski definition) is 2. The van der Waals surface area contributed by atoms with Gasteiger partial charge in [0.05, 0.1) is 16.6 Å². The molecule has 0 atom stereocenters. The lowest BCUT2D eigenvalue weighted by Gasteiger charge is -2.19. The second-order valence-electron chi connectivity index (χ2n) is 5.96. The Labute approximate surface area is 140 Å². The molecule has 1 aliphatic rings. The highest BCUT2D eigenvalue weighted by atomic mass is 32.2. The Balaban J connectivity index is 1.62. The van der Waals surface area contributed by atoms with Gasteiger partial charge in [-0.3, -0.25) is 5.10 Å². The molecule has 0 radical (unpaired) electrons. The van der Waals surface area contributed by atoms with Gasteiger partial charge in [0, 0.05) is 24.2 Å². The molecular weight excluding hydrogens is 324 g/mol. The average Bonchev–Trinajstić information content (AvgIpc) is 3.21. The van der Waals surface area contributed by atoms with E-state index in [1.54, 1.807) is 12.1 Å². The van der Waals surface area contributed by atoms with Gasteiger partial charge in [0.1, 0.15) is 0 Å². The quantitative estimate of drug-likeness (QED) is 0.760. The maximum Gasteiger partial charge on any atom is 0.240 e. The summed E-state index contributed by atoms with van der Waals surface area (Å²) in [5.41, 5.74) is 4.41. The minimum atomic E-state index is -3.39. The Bertz CT molecular complexity index is 1010. The van der Waals surface area contributed by atoms with E-state index in [0.29, 0.717) is 4.90 Å². The highest BCUT2D eigenvalue weighted by Gasteiger charge is 2.22. The van der Waals surface area contributed by atoms with Gasteiger partial charge in [-0.25, -0.2) is 13.1 Å². The van der Waals surface area contributed by atoms with Crippen molar-refractivity contribution >= 4 is 26.6 Å². The topological polar surface area (TPSA) is 78.1 Å². The van der Waals surface area contributed by atoms with Crippen molar-refractivity contribution in [3.05, 3.63) is 53.7 Å². The van der Waals surface area contributed by atoms with E-state index in [4.69, 9.17) is 0 Å². The number of benzene rings is 2. The van der Waals surface area contributed by atoms with Crippen LogP contribution in [0, 0.1) is 0 Å². The predicted molar refractivity (Wildman–Crippen MR) is 93.5 cm³/mol. The first-order valence-electron chi connectivity index (χ1n) is 7.80. The van der Waals surface area contributed by atoms with Crippen molar-refractivity contribution in [3.63, 3.8) is 0 Å². The Kier molecular flexibility index (Phi) is 3.54. The minimum absolute atomic E-state index is 0.324. The number of anilines is 1. The second kappa shape index (κ2) is 5.61. The van der Waals surface area contributed by atoms with Crippen molar-refractivity contribution in [1.82, 2.24) is 14.9 Å². The zero-order chi connectivity index (χ0) is 16.7. The number of aromatic amines is 1. The standard InChI is InChI=1S/C17H18N4O2S/c1-18-24(22,23)15-4-5-17-13(9-15)6-7-21(17)11-12-2-3-14-10-19-20-16(14)8-12/h2-5,8-10,18H,6-7,11H2,1H3,(H,19,20). The lowest BCUT2D eigenvalue weighted by Crippen LogP contribution is -2.20. The van der Waals surface area contributed by atoms with Gasteiger partial charge in [0.2, 0.25) is 10.0 Å². The molecule has 2 aromatic carbocycles. The molecule has 1 aliphatic heterocycles. The van der Waals surface area contributed by atoms with Crippen LogP contribution in [0.2, 0.25) is 0 Å². The van der Waals surface area contributed by atoms with Crippen molar-refractivity contribution in [2.24, 2.45) is 0 Å².